The SMILES string of the molecule is CN(C)C(=O)c1ccc(Cl)c(NS(=O)(=O)c2ccc(C#N)cc2)c1. The third-order valence-electron chi connectivity index (χ3n) is 3.16. The molecule has 124 valence electrons. The van der Waals surface area contributed by atoms with Crippen molar-refractivity contribution < 1.29 is 13.2 Å². The first-order chi connectivity index (χ1) is 11.2. The maximum absolute atomic E-state index is 12.4. The summed E-state index contributed by atoms with van der Waals surface area (Å²) in [4.78, 5) is 13.4. The lowest BCUT2D eigenvalue weighted by Gasteiger charge is -2.13. The number of benzene rings is 2. The van der Waals surface area contributed by atoms with Gasteiger partial charge in [-0.2, -0.15) is 5.26 Å². The van der Waals surface area contributed by atoms with Gasteiger partial charge in [0.05, 0.1) is 27.2 Å². The summed E-state index contributed by atoms with van der Waals surface area (Å²) in [6, 6.07) is 11.7. The van der Waals surface area contributed by atoms with Crippen molar-refractivity contribution in [2.45, 2.75) is 4.90 Å². The summed E-state index contributed by atoms with van der Waals surface area (Å²) in [6.07, 6.45) is 0. The van der Waals surface area contributed by atoms with Crippen molar-refractivity contribution in [1.29, 1.82) is 5.26 Å². The summed E-state index contributed by atoms with van der Waals surface area (Å²) < 4.78 is 27.2. The molecule has 2 aromatic rings. The highest BCUT2D eigenvalue weighted by molar-refractivity contribution is 7.92. The minimum absolute atomic E-state index is 0.0121. The molecule has 24 heavy (non-hydrogen) atoms. The molecule has 1 amide bonds. The second-order valence-corrected chi connectivity index (χ2v) is 7.23. The Morgan fingerprint density at radius 1 is 1.17 bits per heavy atom. The molecule has 0 aromatic heterocycles. The number of hydrogen-bond acceptors (Lipinski definition) is 4. The average Bonchev–Trinajstić information content (AvgIpc) is 2.56. The molecule has 0 heterocycles. The van der Waals surface area contributed by atoms with Crippen LogP contribution in [0.15, 0.2) is 47.4 Å². The van der Waals surface area contributed by atoms with Crippen molar-refractivity contribution in [2.75, 3.05) is 18.8 Å². The normalized spacial score (nSPS) is 10.8. The van der Waals surface area contributed by atoms with Gasteiger partial charge in [0.2, 0.25) is 0 Å². The van der Waals surface area contributed by atoms with E-state index in [-0.39, 0.29) is 21.5 Å². The van der Waals surface area contributed by atoms with Crippen LogP contribution in [0.5, 0.6) is 0 Å². The third kappa shape index (κ3) is 3.85. The number of carbonyl (C=O) groups is 1. The molecule has 0 aliphatic heterocycles. The first-order valence-electron chi connectivity index (χ1n) is 6.79. The van der Waals surface area contributed by atoms with Crippen LogP contribution >= 0.6 is 11.6 Å². The van der Waals surface area contributed by atoms with Crippen molar-refractivity contribution in [3.63, 3.8) is 0 Å². The Labute approximate surface area is 145 Å². The Bertz CT molecular complexity index is 917. The summed E-state index contributed by atoms with van der Waals surface area (Å²) >= 11 is 6.03. The number of nitriles is 1. The van der Waals surface area contributed by atoms with Crippen LogP contribution in [0.3, 0.4) is 0 Å². The van der Waals surface area contributed by atoms with Gasteiger partial charge in [-0.25, -0.2) is 8.42 Å². The number of nitrogens with one attached hydrogen (secondary N) is 1. The molecule has 2 aromatic carbocycles. The van der Waals surface area contributed by atoms with E-state index in [0.29, 0.717) is 11.1 Å². The number of carbonyl (C=O) groups excluding carboxylic acids is 1. The summed E-state index contributed by atoms with van der Waals surface area (Å²) in [5.41, 5.74) is 0.765. The van der Waals surface area contributed by atoms with E-state index in [2.05, 4.69) is 4.72 Å². The van der Waals surface area contributed by atoms with Gasteiger partial charge in [-0.15, -0.1) is 0 Å². The van der Waals surface area contributed by atoms with E-state index in [9.17, 15) is 13.2 Å². The minimum Gasteiger partial charge on any atom is -0.345 e. The number of rotatable bonds is 4. The number of anilines is 1. The lowest BCUT2D eigenvalue weighted by molar-refractivity contribution is 0.0827. The summed E-state index contributed by atoms with van der Waals surface area (Å²) in [5, 5.41) is 8.93. The van der Waals surface area contributed by atoms with Crippen LogP contribution in [-0.4, -0.2) is 33.3 Å². The van der Waals surface area contributed by atoms with Crippen molar-refractivity contribution >= 4 is 33.2 Å². The molecule has 0 bridgehead atoms. The zero-order chi connectivity index (χ0) is 17.9. The highest BCUT2D eigenvalue weighted by Gasteiger charge is 2.17. The monoisotopic (exact) mass is 363 g/mol. The molecule has 0 saturated carbocycles. The Kier molecular flexibility index (Phi) is 5.12. The molecule has 0 aliphatic carbocycles. The fraction of sp³-hybridized carbons (Fsp3) is 0.125. The van der Waals surface area contributed by atoms with E-state index >= 15 is 0 Å². The van der Waals surface area contributed by atoms with E-state index in [1.54, 1.807) is 14.1 Å². The average molecular weight is 364 g/mol. The fourth-order valence-corrected chi connectivity index (χ4v) is 3.20. The van der Waals surface area contributed by atoms with Gasteiger partial charge in [-0.05, 0) is 42.5 Å². The molecule has 8 heteroatoms. The van der Waals surface area contributed by atoms with Crippen molar-refractivity contribution in [1.82, 2.24) is 4.90 Å². The Morgan fingerprint density at radius 3 is 2.33 bits per heavy atom. The predicted octanol–water partition coefficient (Wildman–Crippen LogP) is 2.71. The molecule has 6 nitrogen and oxygen atoms in total. The second-order valence-electron chi connectivity index (χ2n) is 5.14. The molecular formula is C16H14ClN3O3S. The summed E-state index contributed by atoms with van der Waals surface area (Å²) in [7, 11) is -0.703. The first kappa shape index (κ1) is 17.8. The third-order valence-corrected chi connectivity index (χ3v) is 4.87. The van der Waals surface area contributed by atoms with Crippen LogP contribution in [0, 0.1) is 11.3 Å². The van der Waals surface area contributed by atoms with E-state index in [1.807, 2.05) is 6.07 Å². The first-order valence-corrected chi connectivity index (χ1v) is 8.65. The molecule has 2 rings (SSSR count). The molecule has 0 unspecified atom stereocenters. The zero-order valence-electron chi connectivity index (χ0n) is 12.9. The van der Waals surface area contributed by atoms with Gasteiger partial charge in [-0.3, -0.25) is 9.52 Å². The van der Waals surface area contributed by atoms with Gasteiger partial charge in [0.15, 0.2) is 0 Å². The molecular weight excluding hydrogens is 350 g/mol. The van der Waals surface area contributed by atoms with Gasteiger partial charge in [0, 0.05) is 19.7 Å². The topological polar surface area (TPSA) is 90.3 Å². The van der Waals surface area contributed by atoms with E-state index in [4.69, 9.17) is 16.9 Å². The van der Waals surface area contributed by atoms with Crippen molar-refractivity contribution in [3.05, 3.63) is 58.6 Å². The van der Waals surface area contributed by atoms with Crippen LogP contribution in [0.1, 0.15) is 15.9 Å². The molecule has 0 aliphatic rings. The fourth-order valence-electron chi connectivity index (χ4n) is 1.91. The Hall–Kier alpha value is -2.56. The van der Waals surface area contributed by atoms with Gasteiger partial charge in [-0.1, -0.05) is 11.6 Å². The van der Waals surface area contributed by atoms with Crippen LogP contribution in [0.25, 0.3) is 0 Å². The van der Waals surface area contributed by atoms with E-state index < -0.39 is 10.0 Å². The van der Waals surface area contributed by atoms with Crippen LogP contribution in [0.4, 0.5) is 5.69 Å². The number of halogens is 1. The minimum atomic E-state index is -3.89. The van der Waals surface area contributed by atoms with Crippen molar-refractivity contribution in [3.8, 4) is 6.07 Å². The zero-order valence-corrected chi connectivity index (χ0v) is 14.5. The Balaban J connectivity index is 2.36. The lowest BCUT2D eigenvalue weighted by atomic mass is 10.2. The molecule has 0 radical (unpaired) electrons. The number of nitrogens with zero attached hydrogens (tertiary/aromatic N) is 2. The standard InChI is InChI=1S/C16H14ClN3O3S/c1-20(2)16(21)12-5-8-14(17)15(9-12)19-24(22,23)13-6-3-11(10-18)4-7-13/h3-9,19H,1-2H3. The van der Waals surface area contributed by atoms with Crippen molar-refractivity contribution in [2.24, 2.45) is 0 Å². The largest absolute Gasteiger partial charge is 0.345 e. The lowest BCUT2D eigenvalue weighted by Crippen LogP contribution is -2.22. The van der Waals surface area contributed by atoms with Crippen LogP contribution in [-0.2, 0) is 10.0 Å². The maximum Gasteiger partial charge on any atom is 0.261 e. The molecule has 0 spiro atoms. The summed E-state index contributed by atoms with van der Waals surface area (Å²) in [6.45, 7) is 0. The molecule has 0 atom stereocenters. The highest BCUT2D eigenvalue weighted by Crippen LogP contribution is 2.26. The second kappa shape index (κ2) is 6.91. The Morgan fingerprint density at radius 2 is 1.79 bits per heavy atom. The van der Waals surface area contributed by atoms with E-state index in [1.165, 1.54) is 47.4 Å². The highest BCUT2D eigenvalue weighted by atomic mass is 35.5. The maximum atomic E-state index is 12.4. The summed E-state index contributed by atoms with van der Waals surface area (Å²) in [5.74, 6) is -0.273. The van der Waals surface area contributed by atoms with Gasteiger partial charge < -0.3 is 4.90 Å². The quantitative estimate of drug-likeness (QED) is 0.904. The van der Waals surface area contributed by atoms with Gasteiger partial charge in [0.1, 0.15) is 0 Å². The molecule has 0 saturated heterocycles. The molecule has 1 N–H and O–H groups in total. The number of amides is 1. The van der Waals surface area contributed by atoms with Crippen LogP contribution < -0.4 is 4.72 Å². The van der Waals surface area contributed by atoms with Gasteiger partial charge in [0.25, 0.3) is 15.9 Å². The number of sulfonamides is 1. The predicted molar refractivity (Wildman–Crippen MR) is 91.4 cm³/mol. The van der Waals surface area contributed by atoms with Crippen LogP contribution in [0.2, 0.25) is 5.02 Å². The van der Waals surface area contributed by atoms with Gasteiger partial charge >= 0.3 is 0 Å². The number of hydrogen-bond donors (Lipinski definition) is 1. The molecule has 0 fully saturated rings. The smallest absolute Gasteiger partial charge is 0.261 e. The van der Waals surface area contributed by atoms with E-state index in [0.717, 1.165) is 0 Å².